The van der Waals surface area contributed by atoms with Crippen LogP contribution in [0.15, 0.2) is 22.9 Å². The Morgan fingerprint density at radius 2 is 2.38 bits per heavy atom. The summed E-state index contributed by atoms with van der Waals surface area (Å²) in [6, 6.07) is 1.46. The van der Waals surface area contributed by atoms with Crippen LogP contribution in [0, 0.1) is 10.7 Å². The first-order chi connectivity index (χ1) is 6.27. The molecule has 0 saturated heterocycles. The summed E-state index contributed by atoms with van der Waals surface area (Å²) < 4.78 is 18.0. The quantitative estimate of drug-likeness (QED) is 0.710. The van der Waals surface area contributed by atoms with Crippen LogP contribution < -0.4 is 0 Å². The molecule has 2 aromatic rings. The van der Waals surface area contributed by atoms with Crippen molar-refractivity contribution in [3.63, 3.8) is 0 Å². The molecule has 6 heteroatoms. The minimum Gasteiger partial charge on any atom is -0.409 e. The fourth-order valence-corrected chi connectivity index (χ4v) is 1.02. The van der Waals surface area contributed by atoms with Crippen molar-refractivity contribution in [1.29, 1.82) is 0 Å². The molecule has 0 fully saturated rings. The van der Waals surface area contributed by atoms with Gasteiger partial charge in [0.15, 0.2) is 5.82 Å². The number of nitrogens with zero attached hydrogens (tertiary/aromatic N) is 2. The molecule has 0 bridgehead atoms. The molecule has 2 heterocycles. The van der Waals surface area contributed by atoms with Crippen LogP contribution in [0.5, 0.6) is 0 Å². The molecule has 0 aliphatic carbocycles. The summed E-state index contributed by atoms with van der Waals surface area (Å²) >= 11 is 4.65. The van der Waals surface area contributed by atoms with Gasteiger partial charge in [-0.15, -0.1) is 5.10 Å². The molecule has 0 aliphatic rings. The molecule has 2 aromatic heterocycles. The largest absolute Gasteiger partial charge is 0.409 e. The van der Waals surface area contributed by atoms with Gasteiger partial charge in [-0.3, -0.25) is 4.98 Å². The molecule has 0 unspecified atom stereocenters. The molecule has 0 radical (unpaired) electrons. The minimum absolute atomic E-state index is 0.117. The third-order valence-corrected chi connectivity index (χ3v) is 1.62. The molecule has 0 amide bonds. The van der Waals surface area contributed by atoms with Gasteiger partial charge in [-0.2, -0.15) is 0 Å². The highest BCUT2D eigenvalue weighted by Gasteiger charge is 2.08. The maximum Gasteiger partial charge on any atom is 0.284 e. The lowest BCUT2D eigenvalue weighted by Crippen LogP contribution is -1.85. The van der Waals surface area contributed by atoms with Crippen LogP contribution in [0.1, 0.15) is 0 Å². The summed E-state index contributed by atoms with van der Waals surface area (Å²) in [5, 5.41) is 6.09. The number of halogens is 1. The number of pyridine rings is 1. The number of aromatic amines is 1. The van der Waals surface area contributed by atoms with Gasteiger partial charge in [-0.05, 0) is 18.3 Å². The summed E-state index contributed by atoms with van der Waals surface area (Å²) in [7, 11) is 0. The highest BCUT2D eigenvalue weighted by molar-refractivity contribution is 7.71. The highest BCUT2D eigenvalue weighted by atomic mass is 32.1. The Morgan fingerprint density at radius 1 is 1.54 bits per heavy atom. The minimum atomic E-state index is -0.493. The average molecular weight is 197 g/mol. The number of nitrogens with one attached hydrogen (secondary N) is 1. The Balaban J connectivity index is 2.58. The van der Waals surface area contributed by atoms with Crippen LogP contribution in [0.2, 0.25) is 0 Å². The van der Waals surface area contributed by atoms with Crippen molar-refractivity contribution in [3.05, 3.63) is 29.1 Å². The Labute approximate surface area is 77.4 Å². The van der Waals surface area contributed by atoms with Gasteiger partial charge >= 0.3 is 0 Å². The van der Waals surface area contributed by atoms with Gasteiger partial charge in [0.05, 0.1) is 11.8 Å². The van der Waals surface area contributed by atoms with Crippen LogP contribution in [-0.2, 0) is 0 Å². The first-order valence-corrected chi connectivity index (χ1v) is 3.83. The van der Waals surface area contributed by atoms with E-state index in [0.29, 0.717) is 0 Å². The Bertz CT molecular complexity index is 478. The highest BCUT2D eigenvalue weighted by Crippen LogP contribution is 2.18. The molecule has 0 aromatic carbocycles. The van der Waals surface area contributed by atoms with E-state index in [4.69, 9.17) is 4.42 Å². The van der Waals surface area contributed by atoms with Gasteiger partial charge in [0, 0.05) is 6.20 Å². The van der Waals surface area contributed by atoms with E-state index in [2.05, 4.69) is 27.4 Å². The summed E-state index contributed by atoms with van der Waals surface area (Å²) in [6.07, 6.45) is 2.54. The summed E-state index contributed by atoms with van der Waals surface area (Å²) in [5.74, 6) is -0.363. The second-order valence-electron chi connectivity index (χ2n) is 2.27. The van der Waals surface area contributed by atoms with E-state index in [9.17, 15) is 4.39 Å². The lowest BCUT2D eigenvalue weighted by Gasteiger charge is -1.93. The van der Waals surface area contributed by atoms with Crippen molar-refractivity contribution in [2.75, 3.05) is 0 Å². The van der Waals surface area contributed by atoms with E-state index in [-0.39, 0.29) is 16.3 Å². The monoisotopic (exact) mass is 197 g/mol. The fourth-order valence-electron chi connectivity index (χ4n) is 0.894. The van der Waals surface area contributed by atoms with Gasteiger partial charge in [-0.25, -0.2) is 9.49 Å². The molecule has 1 N–H and O–H groups in total. The third-order valence-electron chi connectivity index (χ3n) is 1.44. The normalized spacial score (nSPS) is 10.2. The van der Waals surface area contributed by atoms with E-state index in [1.165, 1.54) is 12.3 Å². The molecular formula is C7H4FN3OS. The zero-order chi connectivity index (χ0) is 9.26. The maximum atomic E-state index is 13.1. The molecule has 0 saturated carbocycles. The predicted octanol–water partition coefficient (Wildman–Crippen LogP) is 1.93. The van der Waals surface area contributed by atoms with Gasteiger partial charge in [0.25, 0.3) is 4.84 Å². The maximum absolute atomic E-state index is 13.1. The van der Waals surface area contributed by atoms with E-state index in [1.807, 2.05) is 0 Å². The van der Waals surface area contributed by atoms with Gasteiger partial charge in [0.1, 0.15) is 0 Å². The smallest absolute Gasteiger partial charge is 0.284 e. The molecule has 2 rings (SSSR count). The number of rotatable bonds is 1. The number of H-pyrrole nitrogens is 1. The van der Waals surface area contributed by atoms with Crippen LogP contribution in [0.4, 0.5) is 4.39 Å². The Kier molecular flexibility index (Phi) is 1.90. The van der Waals surface area contributed by atoms with Crippen molar-refractivity contribution in [2.45, 2.75) is 0 Å². The molecule has 13 heavy (non-hydrogen) atoms. The van der Waals surface area contributed by atoms with Crippen LogP contribution in [0.25, 0.3) is 11.5 Å². The molecule has 0 aliphatic heterocycles. The fraction of sp³-hybridized carbons (Fsp3) is 0. The number of hydrogen-bond donors (Lipinski definition) is 1. The van der Waals surface area contributed by atoms with Crippen molar-refractivity contribution in [1.82, 2.24) is 15.2 Å². The zero-order valence-electron chi connectivity index (χ0n) is 6.32. The third kappa shape index (κ3) is 1.48. The second kappa shape index (κ2) is 3.06. The summed E-state index contributed by atoms with van der Waals surface area (Å²) in [6.45, 7) is 0. The van der Waals surface area contributed by atoms with E-state index in [0.717, 1.165) is 6.20 Å². The first-order valence-electron chi connectivity index (χ1n) is 3.43. The van der Waals surface area contributed by atoms with Crippen LogP contribution >= 0.6 is 12.2 Å². The first kappa shape index (κ1) is 8.06. The average Bonchev–Trinajstić information content (AvgIpc) is 2.53. The predicted molar refractivity (Wildman–Crippen MR) is 44.9 cm³/mol. The van der Waals surface area contributed by atoms with Crippen molar-refractivity contribution >= 4 is 12.2 Å². The summed E-state index contributed by atoms with van der Waals surface area (Å²) in [4.78, 5) is 3.71. The number of aromatic nitrogens is 3. The standard InChI is InChI=1S/C7H4FN3OS/c8-5-3-9-2-1-4(5)6-10-11-7(13)12-6/h1-3H,(H,11,13). The Hall–Kier alpha value is -1.56. The van der Waals surface area contributed by atoms with Crippen LogP contribution in [-0.4, -0.2) is 15.2 Å². The van der Waals surface area contributed by atoms with Crippen molar-refractivity contribution in [3.8, 4) is 11.5 Å². The van der Waals surface area contributed by atoms with Crippen molar-refractivity contribution < 1.29 is 8.81 Å². The van der Waals surface area contributed by atoms with Gasteiger partial charge in [0.2, 0.25) is 5.89 Å². The molecule has 66 valence electrons. The summed E-state index contributed by atoms with van der Waals surface area (Å²) in [5.41, 5.74) is 0.238. The van der Waals surface area contributed by atoms with E-state index in [1.54, 1.807) is 0 Å². The van der Waals surface area contributed by atoms with Gasteiger partial charge in [-0.1, -0.05) is 0 Å². The lowest BCUT2D eigenvalue weighted by molar-refractivity contribution is 0.542. The van der Waals surface area contributed by atoms with E-state index >= 15 is 0 Å². The Morgan fingerprint density at radius 3 is 3.00 bits per heavy atom. The molecule has 0 atom stereocenters. The SMILES string of the molecule is Fc1cnccc1-c1n[nH]c(=S)o1. The van der Waals surface area contributed by atoms with Crippen molar-refractivity contribution in [2.24, 2.45) is 0 Å². The molecule has 4 nitrogen and oxygen atoms in total. The molecule has 0 spiro atoms. The second-order valence-corrected chi connectivity index (χ2v) is 2.64. The molecular weight excluding hydrogens is 193 g/mol. The van der Waals surface area contributed by atoms with E-state index < -0.39 is 5.82 Å². The van der Waals surface area contributed by atoms with Gasteiger partial charge < -0.3 is 4.42 Å². The lowest BCUT2D eigenvalue weighted by atomic mass is 10.2. The zero-order valence-corrected chi connectivity index (χ0v) is 7.14. The number of hydrogen-bond acceptors (Lipinski definition) is 4. The topological polar surface area (TPSA) is 54.7 Å². The van der Waals surface area contributed by atoms with Crippen LogP contribution in [0.3, 0.4) is 0 Å².